The third-order valence-corrected chi connectivity index (χ3v) is 2.42. The number of piperazine rings is 1. The number of terminal acetylenes is 1. The largest absolute Gasteiger partial charge is 0.343 e. The molecule has 0 saturated carbocycles. The van der Waals surface area contributed by atoms with Crippen molar-refractivity contribution in [3.8, 4) is 12.3 Å². The Morgan fingerprint density at radius 3 is 2.21 bits per heavy atom. The molecule has 80 valence electrons. The Morgan fingerprint density at radius 2 is 1.79 bits per heavy atom. The van der Waals surface area contributed by atoms with Gasteiger partial charge in [0.15, 0.2) is 0 Å². The molecule has 0 aromatic rings. The van der Waals surface area contributed by atoms with E-state index >= 15 is 0 Å². The van der Waals surface area contributed by atoms with Gasteiger partial charge in [-0.15, -0.1) is 6.42 Å². The van der Waals surface area contributed by atoms with Crippen LogP contribution in [0.1, 0.15) is 0 Å². The monoisotopic (exact) mass is 198 g/mol. The van der Waals surface area contributed by atoms with Crippen LogP contribution in [0.3, 0.4) is 0 Å². The van der Waals surface area contributed by atoms with Gasteiger partial charge in [-0.05, 0) is 0 Å². The molecule has 1 rings (SSSR count). The number of hydrogen-bond donors (Lipinski definition) is 0. The van der Waals surface area contributed by atoms with E-state index in [1.54, 1.807) is 14.2 Å². The first-order valence-electron chi connectivity index (χ1n) is 4.77. The quantitative estimate of drug-likeness (QED) is 0.462. The van der Waals surface area contributed by atoms with Crippen molar-refractivity contribution in [1.29, 1.82) is 0 Å². The summed E-state index contributed by atoms with van der Waals surface area (Å²) in [5.74, 6) is 2.65. The molecule has 0 spiro atoms. The number of ether oxygens (including phenoxy) is 2. The fourth-order valence-corrected chi connectivity index (χ4v) is 1.66. The zero-order valence-corrected chi connectivity index (χ0v) is 8.90. The van der Waals surface area contributed by atoms with Crippen molar-refractivity contribution in [2.75, 3.05) is 46.9 Å². The Kier molecular flexibility index (Phi) is 4.91. The van der Waals surface area contributed by atoms with Crippen molar-refractivity contribution < 1.29 is 9.47 Å². The van der Waals surface area contributed by atoms with E-state index in [0.29, 0.717) is 0 Å². The van der Waals surface area contributed by atoms with Crippen LogP contribution in [0.2, 0.25) is 0 Å². The summed E-state index contributed by atoms with van der Waals surface area (Å²) in [7, 11) is 3.31. The Bertz CT molecular complexity index is 191. The first kappa shape index (κ1) is 11.5. The molecular weight excluding hydrogens is 180 g/mol. The molecule has 0 unspecified atom stereocenters. The summed E-state index contributed by atoms with van der Waals surface area (Å²) in [6.45, 7) is 4.57. The highest BCUT2D eigenvalue weighted by Gasteiger charge is 2.22. The van der Waals surface area contributed by atoms with Crippen LogP contribution in [0.4, 0.5) is 0 Å². The lowest BCUT2D eigenvalue weighted by Gasteiger charge is -2.36. The van der Waals surface area contributed by atoms with Gasteiger partial charge in [0.1, 0.15) is 0 Å². The van der Waals surface area contributed by atoms with Crippen LogP contribution in [0.15, 0.2) is 0 Å². The highest BCUT2D eigenvalue weighted by molar-refractivity contribution is 4.89. The molecule has 1 fully saturated rings. The van der Waals surface area contributed by atoms with E-state index in [1.807, 2.05) is 0 Å². The predicted octanol–water partition coefficient (Wildman–Crippen LogP) is -0.186. The van der Waals surface area contributed by atoms with E-state index < -0.39 is 0 Å². The fourth-order valence-electron chi connectivity index (χ4n) is 1.66. The van der Waals surface area contributed by atoms with Crippen molar-refractivity contribution >= 4 is 0 Å². The molecule has 0 bridgehead atoms. The Labute approximate surface area is 85.8 Å². The average Bonchev–Trinajstić information content (AvgIpc) is 2.23. The molecule has 14 heavy (non-hydrogen) atoms. The van der Waals surface area contributed by atoms with Gasteiger partial charge in [-0.25, -0.2) is 0 Å². The predicted molar refractivity (Wildman–Crippen MR) is 54.7 cm³/mol. The molecule has 0 amide bonds. The van der Waals surface area contributed by atoms with E-state index in [0.717, 1.165) is 32.7 Å². The third-order valence-electron chi connectivity index (χ3n) is 2.42. The van der Waals surface area contributed by atoms with Crippen LogP contribution in [0.25, 0.3) is 0 Å². The summed E-state index contributed by atoms with van der Waals surface area (Å²) in [5.41, 5.74) is 0. The van der Waals surface area contributed by atoms with Crippen molar-refractivity contribution in [2.45, 2.75) is 6.41 Å². The van der Waals surface area contributed by atoms with Gasteiger partial charge in [0.25, 0.3) is 0 Å². The topological polar surface area (TPSA) is 24.9 Å². The molecular formula is C10H18N2O2. The van der Waals surface area contributed by atoms with E-state index in [1.165, 1.54) is 0 Å². The maximum atomic E-state index is 5.25. The lowest BCUT2D eigenvalue weighted by atomic mass is 10.3. The normalized spacial score (nSPS) is 19.9. The first-order valence-corrected chi connectivity index (χ1v) is 4.77. The van der Waals surface area contributed by atoms with E-state index in [4.69, 9.17) is 15.9 Å². The second kappa shape index (κ2) is 5.99. The number of hydrogen-bond acceptors (Lipinski definition) is 4. The van der Waals surface area contributed by atoms with Crippen LogP contribution >= 0.6 is 0 Å². The van der Waals surface area contributed by atoms with E-state index in [2.05, 4.69) is 15.7 Å². The molecule has 1 heterocycles. The minimum Gasteiger partial charge on any atom is -0.343 e. The van der Waals surface area contributed by atoms with Crippen LogP contribution in [-0.4, -0.2) is 63.2 Å². The second-order valence-electron chi connectivity index (χ2n) is 3.29. The first-order chi connectivity index (χ1) is 6.81. The SMILES string of the molecule is C#CCN1CCN(C(OC)OC)CC1. The summed E-state index contributed by atoms with van der Waals surface area (Å²) < 4.78 is 10.4. The molecule has 0 aromatic heterocycles. The summed E-state index contributed by atoms with van der Waals surface area (Å²) in [4.78, 5) is 4.41. The summed E-state index contributed by atoms with van der Waals surface area (Å²) in [5, 5.41) is 0. The molecule has 0 atom stereocenters. The zero-order valence-electron chi connectivity index (χ0n) is 8.90. The number of methoxy groups -OCH3 is 2. The van der Waals surface area contributed by atoms with Crippen molar-refractivity contribution in [3.63, 3.8) is 0 Å². The van der Waals surface area contributed by atoms with Gasteiger partial charge in [0.05, 0.1) is 6.54 Å². The maximum absolute atomic E-state index is 5.25. The van der Waals surface area contributed by atoms with E-state index in [-0.39, 0.29) is 6.41 Å². The molecule has 1 aliphatic rings. The van der Waals surface area contributed by atoms with Gasteiger partial charge >= 0.3 is 0 Å². The van der Waals surface area contributed by atoms with Crippen molar-refractivity contribution in [3.05, 3.63) is 0 Å². The van der Waals surface area contributed by atoms with Crippen LogP contribution in [-0.2, 0) is 9.47 Å². The maximum Gasteiger partial charge on any atom is 0.218 e. The summed E-state index contributed by atoms with van der Waals surface area (Å²) in [6, 6.07) is 0. The van der Waals surface area contributed by atoms with Gasteiger partial charge in [-0.3, -0.25) is 9.80 Å². The zero-order chi connectivity index (χ0) is 10.4. The van der Waals surface area contributed by atoms with Gasteiger partial charge in [-0.1, -0.05) is 5.92 Å². The highest BCUT2D eigenvalue weighted by atomic mass is 16.7. The Hall–Kier alpha value is -0.600. The number of nitrogens with zero attached hydrogens (tertiary/aromatic N) is 2. The van der Waals surface area contributed by atoms with Gasteiger partial charge < -0.3 is 9.47 Å². The molecule has 0 N–H and O–H groups in total. The van der Waals surface area contributed by atoms with E-state index in [9.17, 15) is 0 Å². The molecule has 1 saturated heterocycles. The highest BCUT2D eigenvalue weighted by Crippen LogP contribution is 2.06. The number of rotatable bonds is 4. The minimum atomic E-state index is -0.219. The standard InChI is InChI=1S/C10H18N2O2/c1-4-5-11-6-8-12(9-7-11)10(13-2)14-3/h1,10H,5-9H2,2-3H3. The fraction of sp³-hybridized carbons (Fsp3) is 0.800. The third kappa shape index (κ3) is 2.96. The molecule has 1 aliphatic heterocycles. The van der Waals surface area contributed by atoms with Gasteiger partial charge in [-0.2, -0.15) is 0 Å². The van der Waals surface area contributed by atoms with Crippen LogP contribution in [0, 0.1) is 12.3 Å². The molecule has 4 heteroatoms. The minimum absolute atomic E-state index is 0.219. The van der Waals surface area contributed by atoms with Crippen LogP contribution in [0.5, 0.6) is 0 Å². The average molecular weight is 198 g/mol. The smallest absolute Gasteiger partial charge is 0.218 e. The van der Waals surface area contributed by atoms with Crippen molar-refractivity contribution in [2.24, 2.45) is 0 Å². The lowest BCUT2D eigenvalue weighted by Crippen LogP contribution is -2.51. The Balaban J connectivity index is 2.31. The van der Waals surface area contributed by atoms with Crippen molar-refractivity contribution in [1.82, 2.24) is 9.80 Å². The lowest BCUT2D eigenvalue weighted by molar-refractivity contribution is -0.202. The summed E-state index contributed by atoms with van der Waals surface area (Å²) >= 11 is 0. The van der Waals surface area contributed by atoms with Gasteiger partial charge in [0.2, 0.25) is 6.41 Å². The molecule has 0 aromatic carbocycles. The molecule has 0 radical (unpaired) electrons. The molecule has 0 aliphatic carbocycles. The van der Waals surface area contributed by atoms with Gasteiger partial charge in [0, 0.05) is 40.4 Å². The van der Waals surface area contributed by atoms with Crippen LogP contribution < -0.4 is 0 Å². The summed E-state index contributed by atoms with van der Waals surface area (Å²) in [6.07, 6.45) is 5.03. The Morgan fingerprint density at radius 1 is 1.21 bits per heavy atom. The second-order valence-corrected chi connectivity index (χ2v) is 3.29. The molecule has 4 nitrogen and oxygen atoms in total.